The maximum absolute atomic E-state index is 13.5. The van der Waals surface area contributed by atoms with E-state index in [9.17, 15) is 18.0 Å². The molecule has 218 valence electrons. The summed E-state index contributed by atoms with van der Waals surface area (Å²) in [4.78, 5) is 19.2. The van der Waals surface area contributed by atoms with Crippen molar-refractivity contribution in [1.29, 1.82) is 0 Å². The summed E-state index contributed by atoms with van der Waals surface area (Å²) in [6.45, 7) is 1.65. The van der Waals surface area contributed by atoms with Crippen LogP contribution in [0.15, 0.2) is 67.1 Å². The molecular weight excluding hydrogens is 573 g/mol. The SMILES string of the molecule is O=C(c1ccc(-n2cccn2)cc1)N1CCOc2c(cc(-c3ncc(C(F)(F)F)cc3Cl)cc2OCC2CCCO2)C1. The minimum atomic E-state index is -4.58. The number of rotatable bonds is 6. The van der Waals surface area contributed by atoms with Crippen molar-refractivity contribution in [2.75, 3.05) is 26.4 Å². The Morgan fingerprint density at radius 3 is 2.67 bits per heavy atom. The molecule has 1 unspecified atom stereocenters. The highest BCUT2D eigenvalue weighted by atomic mass is 35.5. The lowest BCUT2D eigenvalue weighted by molar-refractivity contribution is -0.137. The molecule has 0 saturated carbocycles. The van der Waals surface area contributed by atoms with Gasteiger partial charge in [-0.15, -0.1) is 0 Å². The highest BCUT2D eigenvalue weighted by Crippen LogP contribution is 2.41. The van der Waals surface area contributed by atoms with Crippen molar-refractivity contribution >= 4 is 17.5 Å². The van der Waals surface area contributed by atoms with Crippen molar-refractivity contribution in [2.24, 2.45) is 0 Å². The van der Waals surface area contributed by atoms with Gasteiger partial charge in [-0.1, -0.05) is 11.6 Å². The Bertz CT molecular complexity index is 1570. The molecule has 0 radical (unpaired) electrons. The van der Waals surface area contributed by atoms with Crippen molar-refractivity contribution in [3.05, 3.63) is 88.8 Å². The Morgan fingerprint density at radius 1 is 1.14 bits per heavy atom. The molecule has 6 rings (SSSR count). The van der Waals surface area contributed by atoms with Crippen molar-refractivity contribution in [3.63, 3.8) is 0 Å². The monoisotopic (exact) mass is 598 g/mol. The number of nitrogens with zero attached hydrogens (tertiary/aromatic N) is 4. The minimum absolute atomic E-state index is 0.0781. The topological polar surface area (TPSA) is 78.7 Å². The third kappa shape index (κ3) is 5.93. The third-order valence-electron chi connectivity index (χ3n) is 7.16. The zero-order valence-electron chi connectivity index (χ0n) is 22.3. The molecule has 1 saturated heterocycles. The molecule has 2 aliphatic heterocycles. The fraction of sp³-hybridized carbons (Fsp3) is 0.300. The van der Waals surface area contributed by atoms with Gasteiger partial charge in [-0.05, 0) is 61.4 Å². The van der Waals surface area contributed by atoms with Gasteiger partial charge in [-0.25, -0.2) is 4.68 Å². The van der Waals surface area contributed by atoms with Crippen LogP contribution < -0.4 is 9.47 Å². The molecule has 0 bridgehead atoms. The summed E-state index contributed by atoms with van der Waals surface area (Å²) in [5.74, 6) is 0.647. The largest absolute Gasteiger partial charge is 0.487 e. The first-order valence-corrected chi connectivity index (χ1v) is 13.8. The second-order valence-electron chi connectivity index (χ2n) is 10.0. The number of alkyl halides is 3. The van der Waals surface area contributed by atoms with Gasteiger partial charge in [-0.2, -0.15) is 18.3 Å². The quantitative estimate of drug-likeness (QED) is 0.263. The van der Waals surface area contributed by atoms with Crippen LogP contribution in [-0.2, 0) is 17.5 Å². The average Bonchev–Trinajstić information content (AvgIpc) is 3.67. The van der Waals surface area contributed by atoms with Gasteiger partial charge in [0.15, 0.2) is 11.5 Å². The molecule has 2 aromatic carbocycles. The zero-order valence-corrected chi connectivity index (χ0v) is 23.1. The first kappa shape index (κ1) is 28.0. The van der Waals surface area contributed by atoms with Crippen LogP contribution in [0.4, 0.5) is 13.2 Å². The van der Waals surface area contributed by atoms with E-state index in [1.165, 1.54) is 0 Å². The molecule has 0 N–H and O–H groups in total. The first-order chi connectivity index (χ1) is 20.3. The van der Waals surface area contributed by atoms with Crippen molar-refractivity contribution in [1.82, 2.24) is 19.7 Å². The lowest BCUT2D eigenvalue weighted by atomic mass is 10.0. The summed E-state index contributed by atoms with van der Waals surface area (Å²) >= 11 is 6.30. The smallest absolute Gasteiger partial charge is 0.417 e. The fourth-order valence-electron chi connectivity index (χ4n) is 5.03. The summed E-state index contributed by atoms with van der Waals surface area (Å²) in [6.07, 6.45) is 1.38. The normalized spacial score (nSPS) is 17.0. The van der Waals surface area contributed by atoms with Gasteiger partial charge >= 0.3 is 6.18 Å². The standard InChI is InChI=1S/C30H26ClF3N4O4/c31-25-15-22(30(32,33)34)16-35-27(25)20-13-21-17-37(29(39)19-4-6-23(7-5-19)38-9-2-8-36-38)10-12-41-28(21)26(14-20)42-18-24-3-1-11-40-24/h2,4-9,13-16,24H,1,3,10-12,17-18H2. The summed E-state index contributed by atoms with van der Waals surface area (Å²) in [5.41, 5.74) is 1.58. The minimum Gasteiger partial charge on any atom is -0.487 e. The number of hydrogen-bond acceptors (Lipinski definition) is 6. The Balaban J connectivity index is 1.32. The molecular formula is C30H26ClF3N4O4. The molecule has 1 fully saturated rings. The summed E-state index contributed by atoms with van der Waals surface area (Å²) in [7, 11) is 0. The molecule has 8 nitrogen and oxygen atoms in total. The lowest BCUT2D eigenvalue weighted by Crippen LogP contribution is -2.32. The van der Waals surface area contributed by atoms with E-state index in [1.54, 1.807) is 40.0 Å². The van der Waals surface area contributed by atoms with Gasteiger partial charge in [-0.3, -0.25) is 9.78 Å². The van der Waals surface area contributed by atoms with Crippen LogP contribution in [0.3, 0.4) is 0 Å². The number of ether oxygens (including phenoxy) is 3. The fourth-order valence-corrected chi connectivity index (χ4v) is 5.30. The van der Waals surface area contributed by atoms with Crippen LogP contribution in [0.5, 0.6) is 11.5 Å². The van der Waals surface area contributed by atoms with Crippen molar-refractivity contribution in [3.8, 4) is 28.4 Å². The van der Waals surface area contributed by atoms with Crippen LogP contribution >= 0.6 is 11.6 Å². The zero-order chi connectivity index (χ0) is 29.3. The number of fused-ring (bicyclic) bond motifs is 1. The van der Waals surface area contributed by atoms with Crippen molar-refractivity contribution < 1.29 is 32.2 Å². The van der Waals surface area contributed by atoms with Gasteiger partial charge < -0.3 is 19.1 Å². The molecule has 1 atom stereocenters. The number of amides is 1. The summed E-state index contributed by atoms with van der Waals surface area (Å²) < 4.78 is 59.4. The molecule has 4 heterocycles. The molecule has 42 heavy (non-hydrogen) atoms. The van der Waals surface area contributed by atoms with Gasteiger partial charge in [0.1, 0.15) is 13.2 Å². The average molecular weight is 599 g/mol. The molecule has 0 aliphatic carbocycles. The number of halogens is 4. The number of carbonyl (C=O) groups excluding carboxylic acids is 1. The molecule has 2 aromatic heterocycles. The van der Waals surface area contributed by atoms with E-state index >= 15 is 0 Å². The van der Waals surface area contributed by atoms with E-state index in [0.29, 0.717) is 41.3 Å². The summed E-state index contributed by atoms with van der Waals surface area (Å²) in [5, 5.41) is 4.05. The van der Waals surface area contributed by atoms with Gasteiger partial charge in [0.05, 0.1) is 34.6 Å². The van der Waals surface area contributed by atoms with Crippen LogP contribution in [0.25, 0.3) is 16.9 Å². The van der Waals surface area contributed by atoms with E-state index in [1.807, 2.05) is 24.4 Å². The Kier molecular flexibility index (Phi) is 7.78. The van der Waals surface area contributed by atoms with Crippen molar-refractivity contribution in [2.45, 2.75) is 31.7 Å². The van der Waals surface area contributed by atoms with E-state index in [4.69, 9.17) is 25.8 Å². The highest BCUT2D eigenvalue weighted by Gasteiger charge is 2.32. The Labute approximate surface area is 244 Å². The number of aromatic nitrogens is 3. The predicted octanol–water partition coefficient (Wildman–Crippen LogP) is 6.20. The number of pyridine rings is 1. The van der Waals surface area contributed by atoms with Crippen LogP contribution in [0, 0.1) is 0 Å². The predicted molar refractivity (Wildman–Crippen MR) is 148 cm³/mol. The van der Waals surface area contributed by atoms with Crippen LogP contribution in [0.1, 0.15) is 34.3 Å². The van der Waals surface area contributed by atoms with Gasteiger partial charge in [0, 0.05) is 48.4 Å². The number of benzene rings is 2. The van der Waals surface area contributed by atoms with Crippen LogP contribution in [-0.4, -0.2) is 58.0 Å². The summed E-state index contributed by atoms with van der Waals surface area (Å²) in [6, 6.07) is 13.2. The molecule has 0 spiro atoms. The second kappa shape index (κ2) is 11.7. The molecule has 2 aliphatic rings. The molecule has 1 amide bonds. The van der Waals surface area contributed by atoms with Crippen LogP contribution in [0.2, 0.25) is 5.02 Å². The Morgan fingerprint density at radius 2 is 1.98 bits per heavy atom. The first-order valence-electron chi connectivity index (χ1n) is 13.4. The van der Waals surface area contributed by atoms with E-state index in [0.717, 1.165) is 30.8 Å². The maximum atomic E-state index is 13.5. The van der Waals surface area contributed by atoms with E-state index in [-0.39, 0.29) is 42.5 Å². The Hall–Kier alpha value is -4.09. The lowest BCUT2D eigenvalue weighted by Gasteiger charge is -2.21. The highest BCUT2D eigenvalue weighted by molar-refractivity contribution is 6.33. The maximum Gasteiger partial charge on any atom is 0.417 e. The molecule has 4 aromatic rings. The number of carbonyl (C=O) groups is 1. The second-order valence-corrected chi connectivity index (χ2v) is 10.4. The van der Waals surface area contributed by atoms with Gasteiger partial charge in [0.2, 0.25) is 0 Å². The number of hydrogen-bond donors (Lipinski definition) is 0. The van der Waals surface area contributed by atoms with E-state index in [2.05, 4.69) is 10.1 Å². The molecule has 12 heteroatoms. The third-order valence-corrected chi connectivity index (χ3v) is 7.45. The van der Waals surface area contributed by atoms with E-state index < -0.39 is 11.7 Å². The van der Waals surface area contributed by atoms with Gasteiger partial charge in [0.25, 0.3) is 5.91 Å².